The van der Waals surface area contributed by atoms with Crippen LogP contribution in [0.4, 0.5) is 5.69 Å². The molecular formula is C16H17N3O3. The third kappa shape index (κ3) is 2.27. The van der Waals surface area contributed by atoms with E-state index in [1.165, 1.54) is 13.3 Å². The fourth-order valence-electron chi connectivity index (χ4n) is 2.37. The van der Waals surface area contributed by atoms with Crippen molar-refractivity contribution in [1.29, 1.82) is 5.26 Å². The number of hydrogen-bond donors (Lipinski definition) is 1. The number of nitriles is 1. The largest absolute Gasteiger partial charge is 0.496 e. The number of anilines is 1. The van der Waals surface area contributed by atoms with Gasteiger partial charge in [0.25, 0.3) is 0 Å². The molecule has 0 aliphatic rings. The molecule has 1 heterocycles. The van der Waals surface area contributed by atoms with Crippen molar-refractivity contribution in [2.45, 2.75) is 13.8 Å². The van der Waals surface area contributed by atoms with E-state index in [4.69, 9.17) is 20.5 Å². The second kappa shape index (κ2) is 5.82. The molecule has 0 unspecified atom stereocenters. The fourth-order valence-corrected chi connectivity index (χ4v) is 2.37. The first-order valence-corrected chi connectivity index (χ1v) is 6.60. The van der Waals surface area contributed by atoms with Crippen LogP contribution in [0.25, 0.3) is 5.69 Å². The first-order chi connectivity index (χ1) is 10.5. The smallest absolute Gasteiger partial charge is 0.357 e. The van der Waals surface area contributed by atoms with E-state index < -0.39 is 5.97 Å². The van der Waals surface area contributed by atoms with Crippen molar-refractivity contribution in [2.75, 3.05) is 20.0 Å². The van der Waals surface area contributed by atoms with Gasteiger partial charge in [0.15, 0.2) is 5.69 Å². The molecule has 0 radical (unpaired) electrons. The van der Waals surface area contributed by atoms with Crippen molar-refractivity contribution in [3.63, 3.8) is 0 Å². The third-order valence-electron chi connectivity index (χ3n) is 3.73. The number of carbonyl (C=O) groups excluding carboxylic acids is 1. The zero-order valence-electron chi connectivity index (χ0n) is 12.9. The summed E-state index contributed by atoms with van der Waals surface area (Å²) in [5.74, 6) is 0.161. The minimum atomic E-state index is -0.591. The van der Waals surface area contributed by atoms with Crippen LogP contribution in [0.5, 0.6) is 5.75 Å². The van der Waals surface area contributed by atoms with E-state index in [1.807, 2.05) is 26.0 Å². The zero-order valence-corrected chi connectivity index (χ0v) is 12.9. The molecule has 0 atom stereocenters. The molecule has 114 valence electrons. The molecule has 2 rings (SSSR count). The monoisotopic (exact) mass is 299 g/mol. The Hall–Kier alpha value is -2.94. The van der Waals surface area contributed by atoms with E-state index in [0.717, 1.165) is 22.6 Å². The molecule has 6 nitrogen and oxygen atoms in total. The van der Waals surface area contributed by atoms with Crippen LogP contribution in [-0.2, 0) is 4.74 Å². The van der Waals surface area contributed by atoms with Gasteiger partial charge in [-0.3, -0.25) is 0 Å². The molecular weight excluding hydrogens is 282 g/mol. The Morgan fingerprint density at radius 1 is 1.27 bits per heavy atom. The summed E-state index contributed by atoms with van der Waals surface area (Å²) in [5.41, 5.74) is 9.00. The van der Waals surface area contributed by atoms with Crippen molar-refractivity contribution in [1.82, 2.24) is 4.57 Å². The lowest BCUT2D eigenvalue weighted by Crippen LogP contribution is -2.12. The molecule has 0 amide bonds. The Balaban J connectivity index is 2.76. The summed E-state index contributed by atoms with van der Waals surface area (Å²) >= 11 is 0. The van der Waals surface area contributed by atoms with Gasteiger partial charge < -0.3 is 19.8 Å². The van der Waals surface area contributed by atoms with Crippen LogP contribution in [0.15, 0.2) is 18.3 Å². The van der Waals surface area contributed by atoms with Gasteiger partial charge in [0, 0.05) is 11.9 Å². The molecule has 0 aliphatic heterocycles. The van der Waals surface area contributed by atoms with Crippen LogP contribution in [0.2, 0.25) is 0 Å². The standard InChI is InChI=1S/C16H17N3O3/c1-9-10(2)13(21-3)6-5-12(9)19-8-11(7-17)14(18)15(19)16(20)22-4/h5-6,8H,18H2,1-4H3. The minimum absolute atomic E-state index is 0.113. The van der Waals surface area contributed by atoms with E-state index in [0.29, 0.717) is 0 Å². The van der Waals surface area contributed by atoms with Gasteiger partial charge in [-0.25, -0.2) is 4.79 Å². The summed E-state index contributed by atoms with van der Waals surface area (Å²) in [6.07, 6.45) is 1.54. The lowest BCUT2D eigenvalue weighted by molar-refractivity contribution is 0.0593. The quantitative estimate of drug-likeness (QED) is 0.878. The number of nitrogens with two attached hydrogens (primary N) is 1. The lowest BCUT2D eigenvalue weighted by atomic mass is 10.1. The summed E-state index contributed by atoms with van der Waals surface area (Å²) in [6.45, 7) is 3.84. The van der Waals surface area contributed by atoms with E-state index in [1.54, 1.807) is 17.7 Å². The Morgan fingerprint density at radius 2 is 1.95 bits per heavy atom. The van der Waals surface area contributed by atoms with Gasteiger partial charge in [0.05, 0.1) is 25.5 Å². The average Bonchev–Trinajstić information content (AvgIpc) is 2.85. The number of methoxy groups -OCH3 is 2. The number of hydrogen-bond acceptors (Lipinski definition) is 5. The molecule has 0 spiro atoms. The molecule has 1 aromatic carbocycles. The number of benzene rings is 1. The number of aromatic nitrogens is 1. The van der Waals surface area contributed by atoms with Crippen molar-refractivity contribution in [2.24, 2.45) is 0 Å². The molecule has 0 saturated heterocycles. The molecule has 6 heteroatoms. The van der Waals surface area contributed by atoms with Crippen LogP contribution in [0, 0.1) is 25.2 Å². The van der Waals surface area contributed by atoms with Crippen LogP contribution in [0.1, 0.15) is 27.2 Å². The number of nitrogen functional groups attached to an aromatic ring is 1. The number of esters is 1. The summed E-state index contributed by atoms with van der Waals surface area (Å²) in [7, 11) is 2.88. The van der Waals surface area contributed by atoms with Gasteiger partial charge in [0.1, 0.15) is 11.8 Å². The predicted octanol–water partition coefficient (Wildman–Crippen LogP) is 2.34. The van der Waals surface area contributed by atoms with Gasteiger partial charge in [-0.2, -0.15) is 5.26 Å². The van der Waals surface area contributed by atoms with Crippen molar-refractivity contribution < 1.29 is 14.3 Å². The Bertz CT molecular complexity index is 785. The third-order valence-corrected chi connectivity index (χ3v) is 3.73. The molecule has 0 aliphatic carbocycles. The maximum atomic E-state index is 12.0. The normalized spacial score (nSPS) is 10.1. The SMILES string of the molecule is COC(=O)c1c(N)c(C#N)cn1-c1ccc(OC)c(C)c1C. The van der Waals surface area contributed by atoms with Crippen LogP contribution < -0.4 is 10.5 Å². The van der Waals surface area contributed by atoms with E-state index in [2.05, 4.69) is 0 Å². The van der Waals surface area contributed by atoms with Gasteiger partial charge >= 0.3 is 5.97 Å². The zero-order chi connectivity index (χ0) is 16.4. The second-order valence-electron chi connectivity index (χ2n) is 4.82. The topological polar surface area (TPSA) is 90.3 Å². The van der Waals surface area contributed by atoms with Gasteiger partial charge in [-0.15, -0.1) is 0 Å². The summed E-state index contributed by atoms with van der Waals surface area (Å²) in [6, 6.07) is 5.60. The molecule has 0 fully saturated rings. The van der Waals surface area contributed by atoms with Gasteiger partial charge in [-0.1, -0.05) is 0 Å². The fraction of sp³-hybridized carbons (Fsp3) is 0.250. The molecule has 2 aromatic rings. The van der Waals surface area contributed by atoms with Crippen molar-refractivity contribution in [3.05, 3.63) is 40.7 Å². The molecule has 22 heavy (non-hydrogen) atoms. The number of carbonyl (C=O) groups is 1. The molecule has 1 aromatic heterocycles. The van der Waals surface area contributed by atoms with Crippen LogP contribution >= 0.6 is 0 Å². The highest BCUT2D eigenvalue weighted by Crippen LogP contribution is 2.30. The molecule has 0 saturated carbocycles. The van der Waals surface area contributed by atoms with Crippen molar-refractivity contribution in [3.8, 4) is 17.5 Å². The Kier molecular flexibility index (Phi) is 4.08. The number of ether oxygens (including phenoxy) is 2. The van der Waals surface area contributed by atoms with Gasteiger partial charge in [-0.05, 0) is 37.1 Å². The second-order valence-corrected chi connectivity index (χ2v) is 4.82. The number of nitrogens with zero attached hydrogens (tertiary/aromatic N) is 2. The molecule has 0 bridgehead atoms. The van der Waals surface area contributed by atoms with Crippen LogP contribution in [0.3, 0.4) is 0 Å². The lowest BCUT2D eigenvalue weighted by Gasteiger charge is -2.15. The van der Waals surface area contributed by atoms with Crippen molar-refractivity contribution >= 4 is 11.7 Å². The molecule has 2 N–H and O–H groups in total. The highest BCUT2D eigenvalue weighted by atomic mass is 16.5. The van der Waals surface area contributed by atoms with E-state index in [-0.39, 0.29) is 16.9 Å². The van der Waals surface area contributed by atoms with Crippen LogP contribution in [-0.4, -0.2) is 24.8 Å². The maximum Gasteiger partial charge on any atom is 0.357 e. The highest BCUT2D eigenvalue weighted by molar-refractivity contribution is 5.96. The predicted molar refractivity (Wildman–Crippen MR) is 82.3 cm³/mol. The first kappa shape index (κ1) is 15.4. The highest BCUT2D eigenvalue weighted by Gasteiger charge is 2.23. The van der Waals surface area contributed by atoms with Gasteiger partial charge in [0.2, 0.25) is 0 Å². The summed E-state index contributed by atoms with van der Waals surface area (Å²) in [4.78, 5) is 12.0. The Labute approximate surface area is 128 Å². The maximum absolute atomic E-state index is 12.0. The van der Waals surface area contributed by atoms with E-state index >= 15 is 0 Å². The summed E-state index contributed by atoms with van der Waals surface area (Å²) in [5, 5.41) is 9.15. The number of rotatable bonds is 3. The van der Waals surface area contributed by atoms with E-state index in [9.17, 15) is 4.79 Å². The minimum Gasteiger partial charge on any atom is -0.496 e. The average molecular weight is 299 g/mol. The Morgan fingerprint density at radius 3 is 2.50 bits per heavy atom. The first-order valence-electron chi connectivity index (χ1n) is 6.60. The summed E-state index contributed by atoms with van der Waals surface area (Å²) < 4.78 is 11.7.